The maximum Gasteiger partial charge on any atom is 0.136 e. The molecule has 0 fully saturated rings. The molecule has 0 aliphatic carbocycles. The minimum absolute atomic E-state index is 0.905. The van der Waals surface area contributed by atoms with Gasteiger partial charge in [-0.1, -0.05) is 76.6 Å². The highest BCUT2D eigenvalue weighted by Crippen LogP contribution is 2.37. The van der Waals surface area contributed by atoms with Gasteiger partial charge in [0.05, 0.1) is 0 Å². The fourth-order valence-electron chi connectivity index (χ4n) is 3.52. The van der Waals surface area contributed by atoms with Crippen LogP contribution in [0.5, 0.6) is 0 Å². The van der Waals surface area contributed by atoms with Crippen molar-refractivity contribution in [2.24, 2.45) is 0 Å². The molecule has 4 aromatic carbocycles. The number of rotatable bonds is 2. The summed E-state index contributed by atoms with van der Waals surface area (Å²) in [5.41, 5.74) is 6.71. The summed E-state index contributed by atoms with van der Waals surface area (Å²) in [4.78, 5) is 0. The van der Waals surface area contributed by atoms with Crippen molar-refractivity contribution < 1.29 is 4.42 Å². The van der Waals surface area contributed by atoms with E-state index in [1.807, 2.05) is 12.1 Å². The Hall–Kier alpha value is -2.84. The molecule has 0 spiro atoms. The van der Waals surface area contributed by atoms with Crippen LogP contribution in [0.3, 0.4) is 0 Å². The largest absolute Gasteiger partial charge is 0.456 e. The molecule has 0 amide bonds. The van der Waals surface area contributed by atoms with Gasteiger partial charge in [0.25, 0.3) is 0 Å². The van der Waals surface area contributed by atoms with E-state index in [0.29, 0.717) is 0 Å². The first-order chi connectivity index (χ1) is 12.8. The number of benzene rings is 4. The van der Waals surface area contributed by atoms with Crippen LogP contribution in [0.4, 0.5) is 0 Å². The molecule has 2 heteroatoms. The molecule has 0 radical (unpaired) electrons. The molecule has 0 unspecified atom stereocenters. The number of hydrogen-bond donors (Lipinski definition) is 0. The normalized spacial score (nSPS) is 11.3. The third-order valence-electron chi connectivity index (χ3n) is 4.76. The average Bonchev–Trinajstić information content (AvgIpc) is 3.05. The first kappa shape index (κ1) is 15.4. The Morgan fingerprint density at radius 2 is 1.27 bits per heavy atom. The van der Waals surface area contributed by atoms with Crippen molar-refractivity contribution in [1.29, 1.82) is 0 Å². The Morgan fingerprint density at radius 1 is 0.538 bits per heavy atom. The monoisotopic (exact) mass is 398 g/mol. The smallest absolute Gasteiger partial charge is 0.136 e. The van der Waals surface area contributed by atoms with Crippen LogP contribution in [0.15, 0.2) is 99.9 Å². The lowest BCUT2D eigenvalue weighted by Gasteiger charge is -2.10. The summed E-state index contributed by atoms with van der Waals surface area (Å²) in [6, 6.07) is 31.7. The van der Waals surface area contributed by atoms with E-state index >= 15 is 0 Å². The summed E-state index contributed by atoms with van der Waals surface area (Å²) in [6.07, 6.45) is 0. The first-order valence-corrected chi connectivity index (χ1v) is 9.35. The van der Waals surface area contributed by atoms with Gasteiger partial charge in [-0.25, -0.2) is 0 Å². The average molecular weight is 399 g/mol. The van der Waals surface area contributed by atoms with E-state index in [2.05, 4.69) is 94.8 Å². The van der Waals surface area contributed by atoms with Crippen LogP contribution in [-0.2, 0) is 0 Å². The van der Waals surface area contributed by atoms with Crippen LogP contribution in [0.1, 0.15) is 0 Å². The Bertz CT molecular complexity index is 1240. The summed E-state index contributed by atoms with van der Waals surface area (Å²) < 4.78 is 7.04. The molecule has 5 rings (SSSR count). The van der Waals surface area contributed by atoms with Crippen LogP contribution in [0, 0.1) is 0 Å². The third-order valence-corrected chi connectivity index (χ3v) is 5.25. The van der Waals surface area contributed by atoms with Gasteiger partial charge in [0.15, 0.2) is 0 Å². The molecule has 124 valence electrons. The maximum atomic E-state index is 6.01. The lowest BCUT2D eigenvalue weighted by molar-refractivity contribution is 0.668. The highest BCUT2D eigenvalue weighted by molar-refractivity contribution is 9.10. The predicted molar refractivity (Wildman–Crippen MR) is 112 cm³/mol. The highest BCUT2D eigenvalue weighted by Gasteiger charge is 2.11. The van der Waals surface area contributed by atoms with Crippen molar-refractivity contribution >= 4 is 37.9 Å². The second-order valence-corrected chi connectivity index (χ2v) is 7.28. The van der Waals surface area contributed by atoms with Crippen LogP contribution in [-0.4, -0.2) is 0 Å². The van der Waals surface area contributed by atoms with Crippen molar-refractivity contribution in [3.05, 3.63) is 95.5 Å². The molecule has 0 atom stereocenters. The zero-order chi connectivity index (χ0) is 17.5. The van der Waals surface area contributed by atoms with Gasteiger partial charge in [-0.3, -0.25) is 0 Å². The Kier molecular flexibility index (Phi) is 3.65. The zero-order valence-electron chi connectivity index (χ0n) is 13.9. The van der Waals surface area contributed by atoms with Gasteiger partial charge in [0.2, 0.25) is 0 Å². The first-order valence-electron chi connectivity index (χ1n) is 8.56. The molecular weight excluding hydrogens is 384 g/mol. The van der Waals surface area contributed by atoms with E-state index in [0.717, 1.165) is 26.4 Å². The molecule has 26 heavy (non-hydrogen) atoms. The van der Waals surface area contributed by atoms with Gasteiger partial charge in [0, 0.05) is 15.2 Å². The SMILES string of the molecule is Brc1ccc2c(c1)oc1ccc(-c3ccccc3-c3ccccc3)cc12. The number of fused-ring (bicyclic) bond motifs is 3. The van der Waals surface area contributed by atoms with Gasteiger partial charge in [0.1, 0.15) is 11.2 Å². The number of hydrogen-bond acceptors (Lipinski definition) is 1. The Morgan fingerprint density at radius 3 is 2.08 bits per heavy atom. The van der Waals surface area contributed by atoms with Gasteiger partial charge in [-0.2, -0.15) is 0 Å². The van der Waals surface area contributed by atoms with Gasteiger partial charge in [-0.15, -0.1) is 0 Å². The van der Waals surface area contributed by atoms with Crippen molar-refractivity contribution in [2.75, 3.05) is 0 Å². The second-order valence-electron chi connectivity index (χ2n) is 6.37. The predicted octanol–water partition coefficient (Wildman–Crippen LogP) is 7.68. The molecule has 0 aliphatic rings. The van der Waals surface area contributed by atoms with Crippen molar-refractivity contribution in [2.45, 2.75) is 0 Å². The third kappa shape index (κ3) is 2.54. The molecule has 0 saturated heterocycles. The summed E-state index contributed by atoms with van der Waals surface area (Å²) in [6.45, 7) is 0. The van der Waals surface area contributed by atoms with Gasteiger partial charge < -0.3 is 4.42 Å². The summed E-state index contributed by atoms with van der Waals surface area (Å²) in [7, 11) is 0. The van der Waals surface area contributed by atoms with E-state index in [1.165, 1.54) is 22.3 Å². The minimum atomic E-state index is 0.905. The molecule has 1 nitrogen and oxygen atoms in total. The van der Waals surface area contributed by atoms with E-state index in [9.17, 15) is 0 Å². The molecule has 0 aliphatic heterocycles. The number of furan rings is 1. The zero-order valence-corrected chi connectivity index (χ0v) is 15.5. The maximum absolute atomic E-state index is 6.01. The summed E-state index contributed by atoms with van der Waals surface area (Å²) in [5, 5.41) is 2.29. The van der Waals surface area contributed by atoms with E-state index in [-0.39, 0.29) is 0 Å². The van der Waals surface area contributed by atoms with Gasteiger partial charge in [-0.05, 0) is 52.6 Å². The molecule has 0 N–H and O–H groups in total. The Labute approximate surface area is 160 Å². The highest BCUT2D eigenvalue weighted by atomic mass is 79.9. The molecular formula is C24H15BrO. The minimum Gasteiger partial charge on any atom is -0.456 e. The van der Waals surface area contributed by atoms with E-state index < -0.39 is 0 Å². The van der Waals surface area contributed by atoms with Crippen molar-refractivity contribution in [3.8, 4) is 22.3 Å². The van der Waals surface area contributed by atoms with Gasteiger partial charge >= 0.3 is 0 Å². The molecule has 0 bridgehead atoms. The van der Waals surface area contributed by atoms with Crippen LogP contribution < -0.4 is 0 Å². The summed E-state index contributed by atoms with van der Waals surface area (Å²) in [5.74, 6) is 0. The fraction of sp³-hybridized carbons (Fsp3) is 0. The molecule has 1 aromatic heterocycles. The standard InChI is InChI=1S/C24H15BrO/c25-18-11-12-21-22-14-17(10-13-23(22)26-24(21)15-18)20-9-5-4-8-19(20)16-6-2-1-3-7-16/h1-15H. The molecule has 1 heterocycles. The van der Waals surface area contributed by atoms with Crippen LogP contribution >= 0.6 is 15.9 Å². The Balaban J connectivity index is 1.74. The lowest BCUT2D eigenvalue weighted by atomic mass is 9.94. The quantitative estimate of drug-likeness (QED) is 0.297. The van der Waals surface area contributed by atoms with E-state index in [1.54, 1.807) is 0 Å². The van der Waals surface area contributed by atoms with E-state index in [4.69, 9.17) is 4.42 Å². The van der Waals surface area contributed by atoms with Crippen molar-refractivity contribution in [3.63, 3.8) is 0 Å². The fourth-order valence-corrected chi connectivity index (χ4v) is 3.86. The summed E-state index contributed by atoms with van der Waals surface area (Å²) >= 11 is 3.52. The lowest BCUT2D eigenvalue weighted by Crippen LogP contribution is -1.84. The molecule has 5 aromatic rings. The molecule has 0 saturated carbocycles. The van der Waals surface area contributed by atoms with Crippen LogP contribution in [0.25, 0.3) is 44.2 Å². The topological polar surface area (TPSA) is 13.1 Å². The van der Waals surface area contributed by atoms with Crippen molar-refractivity contribution in [1.82, 2.24) is 0 Å². The number of halogens is 1. The second kappa shape index (κ2) is 6.15. The van der Waals surface area contributed by atoms with Crippen LogP contribution in [0.2, 0.25) is 0 Å².